The molecule has 0 radical (unpaired) electrons. The minimum atomic E-state index is -1.16. The lowest BCUT2D eigenvalue weighted by atomic mass is 10.0. The predicted octanol–water partition coefficient (Wildman–Crippen LogP) is 1.22. The molecular formula is C29H41N5O5S. The first-order valence-electron chi connectivity index (χ1n) is 13.4. The molecule has 8 N–H and O–H groups in total. The fraction of sp³-hybridized carbons (Fsp3) is 0.448. The zero-order valence-electron chi connectivity index (χ0n) is 22.9. The number of unbranched alkanes of at least 4 members (excludes halogenated alkanes) is 1. The standard InChI is InChI=1S/C29H41N5O5S/c1-40-17-15-22(31)26(35)33-24(18-20-10-4-2-5-11-20)28(37)34-25(19-21-12-6-3-7-13-21)27(36)32-23(29(38)39)14-8-9-16-30/h2-7,10-13,22-25H,8-9,14-19,30-31H2,1H3,(H,32,36)(H,33,35)(H,34,37)(H,38,39). The quantitative estimate of drug-likeness (QED) is 0.145. The maximum Gasteiger partial charge on any atom is 0.326 e. The number of nitrogens with two attached hydrogens (primary N) is 2. The molecule has 0 aromatic heterocycles. The third-order valence-electron chi connectivity index (χ3n) is 6.36. The lowest BCUT2D eigenvalue weighted by Gasteiger charge is -2.25. The Morgan fingerprint density at radius 1 is 0.750 bits per heavy atom. The molecule has 2 aromatic rings. The zero-order chi connectivity index (χ0) is 29.3. The van der Waals surface area contributed by atoms with Crippen molar-refractivity contribution in [2.45, 2.75) is 62.7 Å². The van der Waals surface area contributed by atoms with Gasteiger partial charge < -0.3 is 32.5 Å². The monoisotopic (exact) mass is 571 g/mol. The van der Waals surface area contributed by atoms with Crippen LogP contribution in [-0.2, 0) is 32.0 Å². The van der Waals surface area contributed by atoms with Crippen LogP contribution in [0.5, 0.6) is 0 Å². The molecule has 0 spiro atoms. The molecule has 0 saturated carbocycles. The van der Waals surface area contributed by atoms with Gasteiger partial charge in [-0.1, -0.05) is 60.7 Å². The van der Waals surface area contributed by atoms with E-state index in [4.69, 9.17) is 11.5 Å². The molecular weight excluding hydrogens is 530 g/mol. The van der Waals surface area contributed by atoms with Gasteiger partial charge in [-0.15, -0.1) is 0 Å². The Bertz CT molecular complexity index is 1070. The summed E-state index contributed by atoms with van der Waals surface area (Å²) in [6.45, 7) is 0.419. The van der Waals surface area contributed by atoms with Crippen LogP contribution in [0.4, 0.5) is 0 Å². The number of nitrogens with one attached hydrogen (secondary N) is 3. The molecule has 10 nitrogen and oxygen atoms in total. The predicted molar refractivity (Wildman–Crippen MR) is 158 cm³/mol. The molecule has 0 bridgehead atoms. The van der Waals surface area contributed by atoms with Gasteiger partial charge in [0.2, 0.25) is 17.7 Å². The van der Waals surface area contributed by atoms with E-state index in [1.54, 1.807) is 11.8 Å². The molecule has 0 aliphatic rings. The van der Waals surface area contributed by atoms with Crippen molar-refractivity contribution in [1.29, 1.82) is 0 Å². The Balaban J connectivity index is 2.26. The van der Waals surface area contributed by atoms with Crippen molar-refractivity contribution in [3.8, 4) is 0 Å². The molecule has 2 rings (SSSR count). The smallest absolute Gasteiger partial charge is 0.326 e. The van der Waals surface area contributed by atoms with Crippen molar-refractivity contribution in [2.24, 2.45) is 11.5 Å². The van der Waals surface area contributed by atoms with E-state index in [2.05, 4.69) is 16.0 Å². The summed E-state index contributed by atoms with van der Waals surface area (Å²) in [4.78, 5) is 51.6. The third kappa shape index (κ3) is 11.8. The van der Waals surface area contributed by atoms with Crippen molar-refractivity contribution in [3.05, 3.63) is 71.8 Å². The van der Waals surface area contributed by atoms with E-state index in [1.165, 1.54) is 0 Å². The minimum absolute atomic E-state index is 0.132. The molecule has 40 heavy (non-hydrogen) atoms. The highest BCUT2D eigenvalue weighted by molar-refractivity contribution is 7.98. The SMILES string of the molecule is CSCCC(N)C(=O)NC(Cc1ccccc1)C(=O)NC(Cc1ccccc1)C(=O)NC(CCCCN)C(=O)O. The van der Waals surface area contributed by atoms with E-state index in [9.17, 15) is 24.3 Å². The summed E-state index contributed by atoms with van der Waals surface area (Å²) in [7, 11) is 0. The summed E-state index contributed by atoms with van der Waals surface area (Å²) in [5.74, 6) is -2.12. The van der Waals surface area contributed by atoms with E-state index in [-0.39, 0.29) is 19.3 Å². The maximum absolute atomic E-state index is 13.6. The normalized spacial score (nSPS) is 13.9. The Kier molecular flexibility index (Phi) is 14.8. The number of carbonyl (C=O) groups is 4. The number of hydrogen-bond donors (Lipinski definition) is 6. The summed E-state index contributed by atoms with van der Waals surface area (Å²) in [5.41, 5.74) is 13.2. The second-order valence-electron chi connectivity index (χ2n) is 9.57. The van der Waals surface area contributed by atoms with Gasteiger partial charge in [0.25, 0.3) is 0 Å². The highest BCUT2D eigenvalue weighted by Gasteiger charge is 2.30. The Morgan fingerprint density at radius 3 is 1.68 bits per heavy atom. The summed E-state index contributed by atoms with van der Waals surface area (Å²) >= 11 is 1.57. The topological polar surface area (TPSA) is 177 Å². The molecule has 0 aliphatic carbocycles. The molecule has 0 heterocycles. The van der Waals surface area contributed by atoms with Crippen LogP contribution in [0.3, 0.4) is 0 Å². The van der Waals surface area contributed by atoms with Gasteiger partial charge in [0.1, 0.15) is 18.1 Å². The molecule has 4 atom stereocenters. The molecule has 2 aromatic carbocycles. The Hall–Kier alpha value is -3.41. The fourth-order valence-electron chi connectivity index (χ4n) is 4.07. The number of thioether (sulfide) groups is 1. The van der Waals surface area contributed by atoms with Crippen LogP contribution in [0.25, 0.3) is 0 Å². The maximum atomic E-state index is 13.6. The van der Waals surface area contributed by atoms with Crippen LogP contribution < -0.4 is 27.4 Å². The van der Waals surface area contributed by atoms with Crippen LogP contribution in [0, 0.1) is 0 Å². The molecule has 0 fully saturated rings. The number of benzene rings is 2. The first-order valence-corrected chi connectivity index (χ1v) is 14.8. The number of rotatable bonds is 18. The molecule has 4 unspecified atom stereocenters. The van der Waals surface area contributed by atoms with E-state index in [1.807, 2.05) is 66.9 Å². The van der Waals surface area contributed by atoms with Gasteiger partial charge in [0, 0.05) is 12.8 Å². The summed E-state index contributed by atoms with van der Waals surface area (Å²) in [5, 5.41) is 17.7. The molecule has 3 amide bonds. The van der Waals surface area contributed by atoms with E-state index in [0.29, 0.717) is 31.6 Å². The zero-order valence-corrected chi connectivity index (χ0v) is 23.7. The lowest BCUT2D eigenvalue weighted by Crippen LogP contribution is -2.58. The number of carbonyl (C=O) groups excluding carboxylic acids is 3. The minimum Gasteiger partial charge on any atom is -0.480 e. The van der Waals surface area contributed by atoms with Crippen LogP contribution in [0.2, 0.25) is 0 Å². The van der Waals surface area contributed by atoms with Crippen molar-refractivity contribution in [1.82, 2.24) is 16.0 Å². The number of amides is 3. The summed E-state index contributed by atoms with van der Waals surface area (Å²) in [6.07, 6.45) is 4.06. The van der Waals surface area contributed by atoms with Crippen molar-refractivity contribution in [2.75, 3.05) is 18.6 Å². The second-order valence-corrected chi connectivity index (χ2v) is 10.6. The van der Waals surface area contributed by atoms with E-state index < -0.39 is 47.9 Å². The van der Waals surface area contributed by atoms with Gasteiger partial charge in [-0.25, -0.2) is 4.79 Å². The highest BCUT2D eigenvalue weighted by atomic mass is 32.2. The molecule has 0 saturated heterocycles. The average molecular weight is 572 g/mol. The second kappa shape index (κ2) is 18.0. The first kappa shape index (κ1) is 32.8. The number of carboxylic acids is 1. The van der Waals surface area contributed by atoms with Crippen molar-refractivity contribution >= 4 is 35.5 Å². The largest absolute Gasteiger partial charge is 0.480 e. The lowest BCUT2D eigenvalue weighted by molar-refractivity contribution is -0.142. The number of aliphatic carboxylic acids is 1. The van der Waals surface area contributed by atoms with E-state index in [0.717, 1.165) is 11.1 Å². The van der Waals surface area contributed by atoms with Crippen LogP contribution in [0.15, 0.2) is 60.7 Å². The van der Waals surface area contributed by atoms with Gasteiger partial charge >= 0.3 is 5.97 Å². The van der Waals surface area contributed by atoms with Crippen molar-refractivity contribution < 1.29 is 24.3 Å². The van der Waals surface area contributed by atoms with E-state index >= 15 is 0 Å². The number of hydrogen-bond acceptors (Lipinski definition) is 7. The highest BCUT2D eigenvalue weighted by Crippen LogP contribution is 2.09. The molecule has 218 valence electrons. The van der Waals surface area contributed by atoms with Crippen LogP contribution >= 0.6 is 11.8 Å². The van der Waals surface area contributed by atoms with Gasteiger partial charge in [-0.3, -0.25) is 14.4 Å². The fourth-order valence-corrected chi connectivity index (χ4v) is 4.56. The van der Waals surface area contributed by atoms with Crippen molar-refractivity contribution in [3.63, 3.8) is 0 Å². The van der Waals surface area contributed by atoms with Crippen LogP contribution in [0.1, 0.15) is 36.8 Å². The number of carboxylic acid groups (broad SMARTS) is 1. The van der Waals surface area contributed by atoms with Gasteiger partial charge in [0.15, 0.2) is 0 Å². The van der Waals surface area contributed by atoms with Gasteiger partial charge in [-0.2, -0.15) is 11.8 Å². The summed E-state index contributed by atoms with van der Waals surface area (Å²) < 4.78 is 0. The van der Waals surface area contributed by atoms with Gasteiger partial charge in [0.05, 0.1) is 6.04 Å². The third-order valence-corrected chi connectivity index (χ3v) is 7.01. The Morgan fingerprint density at radius 2 is 1.23 bits per heavy atom. The molecule has 11 heteroatoms. The Labute approximate surface area is 240 Å². The van der Waals surface area contributed by atoms with Crippen LogP contribution in [-0.4, -0.2) is 71.5 Å². The van der Waals surface area contributed by atoms with Gasteiger partial charge in [-0.05, 0) is 55.4 Å². The average Bonchev–Trinajstić information content (AvgIpc) is 2.95. The first-order chi connectivity index (χ1) is 19.2. The molecule has 0 aliphatic heterocycles. The summed E-state index contributed by atoms with van der Waals surface area (Å²) in [6, 6.07) is 14.3.